The standard InChI is InChI=1S/C20H29N3O4S/c1-20(2,3)27-18(25)23-12-10-14(11-13-23)17(24)21-15-6-8-16(9-7-15)28-19(26)22(4)5/h6-9,14H,10-13H2,1-5H3,(H,21,24). The molecular weight excluding hydrogens is 378 g/mol. The number of likely N-dealkylation sites (tertiary alicyclic amines) is 1. The van der Waals surface area contributed by atoms with Crippen LogP contribution in [0.25, 0.3) is 0 Å². The smallest absolute Gasteiger partial charge is 0.410 e. The number of carbonyl (C=O) groups is 3. The van der Waals surface area contributed by atoms with E-state index in [-0.39, 0.29) is 23.2 Å². The van der Waals surface area contributed by atoms with Crippen molar-refractivity contribution in [2.45, 2.75) is 44.1 Å². The van der Waals surface area contributed by atoms with Crippen molar-refractivity contribution in [2.24, 2.45) is 5.92 Å². The van der Waals surface area contributed by atoms with E-state index in [0.29, 0.717) is 31.6 Å². The van der Waals surface area contributed by atoms with E-state index in [2.05, 4.69) is 5.32 Å². The van der Waals surface area contributed by atoms with Crippen molar-refractivity contribution in [3.8, 4) is 0 Å². The summed E-state index contributed by atoms with van der Waals surface area (Å²) >= 11 is 1.14. The third-order valence-electron chi connectivity index (χ3n) is 4.21. The fourth-order valence-electron chi connectivity index (χ4n) is 2.69. The zero-order valence-electron chi connectivity index (χ0n) is 17.2. The topological polar surface area (TPSA) is 79.0 Å². The molecule has 1 aromatic carbocycles. The normalized spacial score (nSPS) is 15.1. The third-order valence-corrected chi connectivity index (χ3v) is 5.26. The minimum atomic E-state index is -0.521. The molecule has 1 aromatic rings. The summed E-state index contributed by atoms with van der Waals surface area (Å²) in [6.45, 7) is 6.53. The molecule has 0 unspecified atom stereocenters. The summed E-state index contributed by atoms with van der Waals surface area (Å²) in [4.78, 5) is 40.3. The van der Waals surface area contributed by atoms with Crippen LogP contribution in [0.2, 0.25) is 0 Å². The maximum atomic E-state index is 12.5. The van der Waals surface area contributed by atoms with E-state index in [1.165, 1.54) is 4.90 Å². The number of rotatable bonds is 3. The van der Waals surface area contributed by atoms with Crippen molar-refractivity contribution in [1.29, 1.82) is 0 Å². The number of anilines is 1. The maximum Gasteiger partial charge on any atom is 0.410 e. The predicted octanol–water partition coefficient (Wildman–Crippen LogP) is 4.05. The Morgan fingerprint density at radius 2 is 1.68 bits per heavy atom. The first-order chi connectivity index (χ1) is 13.0. The highest BCUT2D eigenvalue weighted by atomic mass is 32.2. The number of piperidine rings is 1. The summed E-state index contributed by atoms with van der Waals surface area (Å²) in [7, 11) is 3.41. The van der Waals surface area contributed by atoms with Gasteiger partial charge in [-0.1, -0.05) is 0 Å². The van der Waals surface area contributed by atoms with Crippen LogP contribution >= 0.6 is 11.8 Å². The van der Waals surface area contributed by atoms with Crippen LogP contribution in [0.1, 0.15) is 33.6 Å². The fraction of sp³-hybridized carbons (Fsp3) is 0.550. The average Bonchev–Trinajstić information content (AvgIpc) is 2.62. The van der Waals surface area contributed by atoms with Crippen LogP contribution in [0.4, 0.5) is 15.3 Å². The Balaban J connectivity index is 1.82. The van der Waals surface area contributed by atoms with Crippen molar-refractivity contribution >= 4 is 34.7 Å². The average molecular weight is 408 g/mol. The van der Waals surface area contributed by atoms with Crippen molar-refractivity contribution < 1.29 is 19.1 Å². The Kier molecular flexibility index (Phi) is 7.35. The fourth-order valence-corrected chi connectivity index (χ4v) is 3.35. The zero-order chi connectivity index (χ0) is 20.9. The van der Waals surface area contributed by atoms with Crippen LogP contribution in [0, 0.1) is 5.92 Å². The number of nitrogens with zero attached hydrogens (tertiary/aromatic N) is 2. The van der Waals surface area contributed by atoms with Gasteiger partial charge >= 0.3 is 6.09 Å². The SMILES string of the molecule is CN(C)C(=O)Sc1ccc(NC(=O)C2CCN(C(=O)OC(C)(C)C)CC2)cc1. The molecule has 7 nitrogen and oxygen atoms in total. The highest BCUT2D eigenvalue weighted by molar-refractivity contribution is 8.13. The molecule has 1 heterocycles. The highest BCUT2D eigenvalue weighted by Gasteiger charge is 2.29. The Bertz CT molecular complexity index is 705. The number of ether oxygens (including phenoxy) is 1. The minimum Gasteiger partial charge on any atom is -0.444 e. The van der Waals surface area contributed by atoms with Gasteiger partial charge in [0, 0.05) is 43.7 Å². The van der Waals surface area contributed by atoms with Gasteiger partial charge in [-0.05, 0) is 69.6 Å². The van der Waals surface area contributed by atoms with E-state index >= 15 is 0 Å². The summed E-state index contributed by atoms with van der Waals surface area (Å²) in [5.41, 5.74) is 0.175. The molecule has 2 rings (SSSR count). The van der Waals surface area contributed by atoms with E-state index in [1.807, 2.05) is 32.9 Å². The van der Waals surface area contributed by atoms with Crippen LogP contribution in [0.3, 0.4) is 0 Å². The summed E-state index contributed by atoms with van der Waals surface area (Å²) in [5.74, 6) is -0.184. The summed E-state index contributed by atoms with van der Waals surface area (Å²) in [6, 6.07) is 7.21. The van der Waals surface area contributed by atoms with E-state index in [4.69, 9.17) is 4.74 Å². The third kappa shape index (κ3) is 6.74. The van der Waals surface area contributed by atoms with Crippen LogP contribution in [0.5, 0.6) is 0 Å². The molecular formula is C20H29N3O4S. The van der Waals surface area contributed by atoms with Gasteiger partial charge in [0.15, 0.2) is 0 Å². The molecule has 0 bridgehead atoms. The molecule has 1 saturated heterocycles. The van der Waals surface area contributed by atoms with Crippen LogP contribution in [-0.2, 0) is 9.53 Å². The second kappa shape index (κ2) is 9.32. The monoisotopic (exact) mass is 407 g/mol. The van der Waals surface area contributed by atoms with Crippen LogP contribution < -0.4 is 5.32 Å². The molecule has 0 saturated carbocycles. The van der Waals surface area contributed by atoms with Gasteiger partial charge in [0.2, 0.25) is 5.91 Å². The van der Waals surface area contributed by atoms with E-state index in [1.54, 1.807) is 31.1 Å². The predicted molar refractivity (Wildman–Crippen MR) is 111 cm³/mol. The number of hydrogen-bond acceptors (Lipinski definition) is 5. The molecule has 1 aliphatic heterocycles. The molecule has 1 fully saturated rings. The van der Waals surface area contributed by atoms with Gasteiger partial charge in [-0.15, -0.1) is 0 Å². The van der Waals surface area contributed by atoms with Gasteiger partial charge in [0.1, 0.15) is 5.60 Å². The van der Waals surface area contributed by atoms with E-state index in [0.717, 1.165) is 16.7 Å². The Labute approximate surface area is 170 Å². The molecule has 1 N–H and O–H groups in total. The van der Waals surface area contributed by atoms with Crippen LogP contribution in [0.15, 0.2) is 29.2 Å². The second-order valence-electron chi connectivity index (χ2n) is 8.02. The van der Waals surface area contributed by atoms with Gasteiger partial charge in [0.25, 0.3) is 5.24 Å². The first-order valence-electron chi connectivity index (χ1n) is 9.33. The lowest BCUT2D eigenvalue weighted by Crippen LogP contribution is -2.43. The Morgan fingerprint density at radius 1 is 1.11 bits per heavy atom. The maximum absolute atomic E-state index is 12.5. The molecule has 154 valence electrons. The molecule has 0 spiro atoms. The van der Waals surface area contributed by atoms with Gasteiger partial charge in [0.05, 0.1) is 0 Å². The minimum absolute atomic E-state index is 0.0476. The Hall–Kier alpha value is -2.22. The van der Waals surface area contributed by atoms with E-state index in [9.17, 15) is 14.4 Å². The molecule has 0 aliphatic carbocycles. The largest absolute Gasteiger partial charge is 0.444 e. The molecule has 3 amide bonds. The lowest BCUT2D eigenvalue weighted by Gasteiger charge is -2.32. The lowest BCUT2D eigenvalue weighted by molar-refractivity contribution is -0.121. The molecule has 0 radical (unpaired) electrons. The highest BCUT2D eigenvalue weighted by Crippen LogP contribution is 2.24. The molecule has 0 atom stereocenters. The number of amides is 3. The lowest BCUT2D eigenvalue weighted by atomic mass is 9.96. The summed E-state index contributed by atoms with van der Waals surface area (Å²) in [6.07, 6.45) is 0.888. The number of hydrogen-bond donors (Lipinski definition) is 1. The molecule has 28 heavy (non-hydrogen) atoms. The van der Waals surface area contributed by atoms with Crippen molar-refractivity contribution in [3.63, 3.8) is 0 Å². The number of nitrogens with one attached hydrogen (secondary N) is 1. The molecule has 1 aliphatic rings. The quantitative estimate of drug-likeness (QED) is 0.765. The number of carbonyl (C=O) groups excluding carboxylic acids is 3. The zero-order valence-corrected chi connectivity index (χ0v) is 18.0. The van der Waals surface area contributed by atoms with Gasteiger partial charge in [-0.2, -0.15) is 0 Å². The van der Waals surface area contributed by atoms with Crippen LogP contribution in [-0.4, -0.2) is 59.8 Å². The first-order valence-corrected chi connectivity index (χ1v) is 10.1. The molecule has 0 aromatic heterocycles. The van der Waals surface area contributed by atoms with Crippen molar-refractivity contribution in [2.75, 3.05) is 32.5 Å². The van der Waals surface area contributed by atoms with Gasteiger partial charge in [-0.3, -0.25) is 9.59 Å². The number of thioether (sulfide) groups is 1. The molecule has 8 heteroatoms. The van der Waals surface area contributed by atoms with E-state index < -0.39 is 5.60 Å². The first kappa shape index (κ1) is 22.1. The van der Waals surface area contributed by atoms with Gasteiger partial charge in [-0.25, -0.2) is 4.79 Å². The number of benzene rings is 1. The summed E-state index contributed by atoms with van der Waals surface area (Å²) < 4.78 is 5.38. The van der Waals surface area contributed by atoms with Crippen molar-refractivity contribution in [3.05, 3.63) is 24.3 Å². The second-order valence-corrected chi connectivity index (χ2v) is 9.04. The Morgan fingerprint density at radius 3 is 2.18 bits per heavy atom. The van der Waals surface area contributed by atoms with Crippen molar-refractivity contribution in [1.82, 2.24) is 9.80 Å². The van der Waals surface area contributed by atoms with Gasteiger partial charge < -0.3 is 19.9 Å². The summed E-state index contributed by atoms with van der Waals surface area (Å²) in [5, 5.41) is 2.87.